The molecule has 0 amide bonds. The Morgan fingerprint density at radius 1 is 1.80 bits per heavy atom. The molecule has 0 saturated carbocycles. The summed E-state index contributed by atoms with van der Waals surface area (Å²) in [5, 5.41) is 10.2. The van der Waals surface area contributed by atoms with Crippen LogP contribution in [0.4, 0.5) is 0 Å². The van der Waals surface area contributed by atoms with Gasteiger partial charge in [0.1, 0.15) is 5.15 Å². The second kappa shape index (κ2) is 4.31. The fraction of sp³-hybridized carbons (Fsp3) is 0. The summed E-state index contributed by atoms with van der Waals surface area (Å²) in [7, 11) is 0. The molecule has 0 spiro atoms. The van der Waals surface area contributed by atoms with Crippen LogP contribution in [0.3, 0.4) is 0 Å². The minimum absolute atomic E-state index is 0. The van der Waals surface area contributed by atoms with Crippen LogP contribution in [0, 0.1) is 0 Å². The molecule has 0 aliphatic heterocycles. The van der Waals surface area contributed by atoms with E-state index in [1.807, 2.05) is 0 Å². The molecule has 1 heterocycles. The number of carbonyl (C=O) groups is 1. The van der Waals surface area contributed by atoms with Gasteiger partial charge in [-0.25, -0.2) is 0 Å². The molecule has 0 fully saturated rings. The Kier molecular flexibility index (Phi) is 4.47. The Bertz CT molecular complexity index is 239. The van der Waals surface area contributed by atoms with Gasteiger partial charge in [0.25, 0.3) is 0 Å². The van der Waals surface area contributed by atoms with Crippen molar-refractivity contribution in [3.63, 3.8) is 0 Å². The van der Waals surface area contributed by atoms with Gasteiger partial charge in [0.05, 0.1) is 10.8 Å². The second-order valence-corrected chi connectivity index (χ2v) is 2.49. The van der Waals surface area contributed by atoms with E-state index in [9.17, 15) is 9.90 Å². The molecule has 1 aromatic heterocycles. The van der Waals surface area contributed by atoms with E-state index in [0.29, 0.717) is 0 Å². The first kappa shape index (κ1) is 10.4. The number of rotatable bonds is 1. The van der Waals surface area contributed by atoms with Gasteiger partial charge in [-0.3, -0.25) is 0 Å². The van der Waals surface area contributed by atoms with Crippen molar-refractivity contribution >= 4 is 29.1 Å². The van der Waals surface area contributed by atoms with E-state index in [1.165, 1.54) is 6.07 Å². The van der Waals surface area contributed by atoms with Crippen molar-refractivity contribution < 1.29 is 39.5 Å². The molecular weight excluding hydrogens is 185 g/mol. The SMILES string of the molecule is O=C([O-])c1cc(Cl)ns1.[Na+]. The van der Waals surface area contributed by atoms with Crippen LogP contribution in [0.15, 0.2) is 6.07 Å². The molecule has 10 heavy (non-hydrogen) atoms. The predicted octanol–water partition coefficient (Wildman–Crippen LogP) is -2.84. The Hall–Kier alpha value is 0.390. The molecule has 1 rings (SSSR count). The molecule has 0 atom stereocenters. The van der Waals surface area contributed by atoms with Crippen LogP contribution < -0.4 is 34.7 Å². The van der Waals surface area contributed by atoms with Gasteiger partial charge in [0, 0.05) is 0 Å². The summed E-state index contributed by atoms with van der Waals surface area (Å²) in [6.07, 6.45) is 0. The quantitative estimate of drug-likeness (QED) is 0.443. The summed E-state index contributed by atoms with van der Waals surface area (Å²) < 4.78 is 3.52. The third-order valence-corrected chi connectivity index (χ3v) is 1.75. The molecule has 0 unspecified atom stereocenters. The first-order valence-electron chi connectivity index (χ1n) is 2.03. The molecule has 48 valence electrons. The van der Waals surface area contributed by atoms with Crippen LogP contribution in [0.1, 0.15) is 9.67 Å². The molecule has 1 aromatic rings. The van der Waals surface area contributed by atoms with E-state index in [1.54, 1.807) is 0 Å². The van der Waals surface area contributed by atoms with Crippen LogP contribution in [-0.4, -0.2) is 10.3 Å². The molecule has 0 aromatic carbocycles. The van der Waals surface area contributed by atoms with Gasteiger partial charge in [0.2, 0.25) is 0 Å². The molecule has 0 N–H and O–H groups in total. The number of halogens is 1. The number of hydrogen-bond acceptors (Lipinski definition) is 4. The van der Waals surface area contributed by atoms with Gasteiger partial charge in [0.15, 0.2) is 0 Å². The van der Waals surface area contributed by atoms with Crippen LogP contribution in [0.25, 0.3) is 0 Å². The van der Waals surface area contributed by atoms with Gasteiger partial charge >= 0.3 is 29.6 Å². The number of carbonyl (C=O) groups excluding carboxylic acids is 1. The normalized spacial score (nSPS) is 8.50. The van der Waals surface area contributed by atoms with Crippen molar-refractivity contribution in [3.05, 3.63) is 16.1 Å². The second-order valence-electron chi connectivity index (χ2n) is 1.30. The van der Waals surface area contributed by atoms with Gasteiger partial charge in [-0.2, -0.15) is 4.37 Å². The molecule has 6 heteroatoms. The fourth-order valence-electron chi connectivity index (χ4n) is 0.350. The van der Waals surface area contributed by atoms with Crippen molar-refractivity contribution in [2.24, 2.45) is 0 Å². The van der Waals surface area contributed by atoms with E-state index < -0.39 is 5.97 Å². The van der Waals surface area contributed by atoms with E-state index in [2.05, 4.69) is 4.37 Å². The standard InChI is InChI=1S/C4H2ClNO2S.Na/c5-3-1-2(4(7)8)9-6-3;/h1H,(H,7,8);/q;+1/p-1. The van der Waals surface area contributed by atoms with Gasteiger partial charge in [-0.15, -0.1) is 0 Å². The van der Waals surface area contributed by atoms with Crippen molar-refractivity contribution in [2.75, 3.05) is 0 Å². The predicted molar refractivity (Wildman–Crippen MR) is 31.5 cm³/mol. The van der Waals surface area contributed by atoms with Crippen LogP contribution in [0.5, 0.6) is 0 Å². The summed E-state index contributed by atoms with van der Waals surface area (Å²) in [4.78, 5) is 10.1. The minimum Gasteiger partial charge on any atom is -0.544 e. The van der Waals surface area contributed by atoms with Crippen LogP contribution in [-0.2, 0) is 0 Å². The molecule has 0 bridgehead atoms. The molecule has 0 radical (unpaired) electrons. The maximum Gasteiger partial charge on any atom is 1.00 e. The molecule has 0 aliphatic carbocycles. The summed E-state index contributed by atoms with van der Waals surface area (Å²) in [5.41, 5.74) is 0. The average Bonchev–Trinajstić information content (AvgIpc) is 2.14. The van der Waals surface area contributed by atoms with Gasteiger partial charge in [-0.05, 0) is 17.6 Å². The Morgan fingerprint density at radius 3 is 2.60 bits per heavy atom. The van der Waals surface area contributed by atoms with Crippen molar-refractivity contribution in [1.82, 2.24) is 4.37 Å². The maximum absolute atomic E-state index is 10.0. The molecule has 0 aliphatic rings. The Morgan fingerprint density at radius 2 is 2.40 bits per heavy atom. The summed E-state index contributed by atoms with van der Waals surface area (Å²) >= 11 is 6.13. The van der Waals surface area contributed by atoms with E-state index >= 15 is 0 Å². The zero-order valence-corrected chi connectivity index (χ0v) is 8.70. The topological polar surface area (TPSA) is 53.0 Å². The summed E-state index contributed by atoms with van der Waals surface area (Å²) in [6, 6.07) is 1.25. The first-order chi connectivity index (χ1) is 4.20. The van der Waals surface area contributed by atoms with Crippen LogP contribution >= 0.6 is 23.1 Å². The van der Waals surface area contributed by atoms with E-state index in [-0.39, 0.29) is 39.6 Å². The van der Waals surface area contributed by atoms with Crippen LogP contribution in [0.2, 0.25) is 5.15 Å². The van der Waals surface area contributed by atoms with E-state index in [0.717, 1.165) is 11.5 Å². The monoisotopic (exact) mass is 185 g/mol. The van der Waals surface area contributed by atoms with Crippen molar-refractivity contribution in [2.45, 2.75) is 0 Å². The molecule has 3 nitrogen and oxygen atoms in total. The zero-order valence-electron chi connectivity index (χ0n) is 5.13. The average molecular weight is 186 g/mol. The number of carboxylic acid groups (broad SMARTS) is 1. The smallest absolute Gasteiger partial charge is 0.544 e. The number of aromatic carboxylic acids is 1. The minimum atomic E-state index is -1.24. The third-order valence-electron chi connectivity index (χ3n) is 0.683. The van der Waals surface area contributed by atoms with Crippen molar-refractivity contribution in [1.29, 1.82) is 0 Å². The largest absolute Gasteiger partial charge is 1.00 e. The molecular formula is C4HClNNaO2S. The number of aromatic nitrogens is 1. The van der Waals surface area contributed by atoms with Gasteiger partial charge < -0.3 is 9.90 Å². The zero-order chi connectivity index (χ0) is 6.85. The summed E-state index contributed by atoms with van der Waals surface area (Å²) in [5.74, 6) is -1.24. The third kappa shape index (κ3) is 2.56. The number of nitrogens with zero attached hydrogens (tertiary/aromatic N) is 1. The Labute approximate surface area is 88.5 Å². The van der Waals surface area contributed by atoms with Crippen molar-refractivity contribution in [3.8, 4) is 0 Å². The van der Waals surface area contributed by atoms with Gasteiger partial charge in [-0.1, -0.05) is 11.6 Å². The summed E-state index contributed by atoms with van der Waals surface area (Å²) in [6.45, 7) is 0. The first-order valence-corrected chi connectivity index (χ1v) is 3.19. The number of hydrogen-bond donors (Lipinski definition) is 0. The van der Waals surface area contributed by atoms with E-state index in [4.69, 9.17) is 11.6 Å². The Balaban J connectivity index is 0.000000810. The fourth-order valence-corrected chi connectivity index (χ4v) is 1.10. The molecule has 0 saturated heterocycles. The number of carboxylic acids is 1. The maximum atomic E-state index is 10.0.